The molecule has 1 amide bonds. The van der Waals surface area contributed by atoms with Crippen LogP contribution in [0.3, 0.4) is 0 Å². The molecule has 182 valence electrons. The number of aryl methyl sites for hydroxylation is 2. The number of halogens is 2. The lowest BCUT2D eigenvalue weighted by Crippen LogP contribution is -2.44. The number of rotatable bonds is 6. The zero-order chi connectivity index (χ0) is 24.5. The number of carbonyl (C=O) groups is 1. The van der Waals surface area contributed by atoms with Gasteiger partial charge in [-0.15, -0.1) is 11.3 Å². The molecule has 0 spiro atoms. The summed E-state index contributed by atoms with van der Waals surface area (Å²) in [7, 11) is 1.97. The Bertz CT molecular complexity index is 1380. The summed E-state index contributed by atoms with van der Waals surface area (Å²) in [6, 6.07) is 8.40. The minimum Gasteiger partial charge on any atom is -0.349 e. The zero-order valence-electron chi connectivity index (χ0n) is 19.4. The number of likely N-dealkylation sites (tertiary alicyclic amines) is 1. The van der Waals surface area contributed by atoms with Gasteiger partial charge in [0, 0.05) is 38.4 Å². The average Bonchev–Trinajstić information content (AvgIpc) is 3.41. The lowest BCUT2D eigenvalue weighted by molar-refractivity contribution is 0.0912. The topological polar surface area (TPSA) is 88.0 Å². The Morgan fingerprint density at radius 3 is 2.74 bits per heavy atom. The first-order valence-corrected chi connectivity index (χ1v) is 12.5. The van der Waals surface area contributed by atoms with Crippen molar-refractivity contribution >= 4 is 50.6 Å². The van der Waals surface area contributed by atoms with E-state index in [1.54, 1.807) is 12.1 Å². The van der Waals surface area contributed by atoms with Crippen molar-refractivity contribution in [2.75, 3.05) is 18.4 Å². The minimum atomic E-state index is -0.488. The molecule has 4 heterocycles. The van der Waals surface area contributed by atoms with Gasteiger partial charge < -0.3 is 10.6 Å². The molecule has 1 aliphatic rings. The van der Waals surface area contributed by atoms with Crippen LogP contribution in [0.25, 0.3) is 10.2 Å². The molecule has 2 N–H and O–H groups in total. The minimum absolute atomic E-state index is 0.0205. The Morgan fingerprint density at radius 1 is 1.23 bits per heavy atom. The van der Waals surface area contributed by atoms with Crippen LogP contribution in [0.15, 0.2) is 36.7 Å². The van der Waals surface area contributed by atoms with Gasteiger partial charge >= 0.3 is 0 Å². The van der Waals surface area contributed by atoms with E-state index in [1.807, 2.05) is 18.7 Å². The fraction of sp³-hybridized carbons (Fsp3) is 0.333. The van der Waals surface area contributed by atoms with Crippen LogP contribution >= 0.6 is 22.9 Å². The fourth-order valence-electron chi connectivity index (χ4n) is 4.31. The molecule has 35 heavy (non-hydrogen) atoms. The SMILES string of the molecule is Cc1cc(CN2CCC(NC(=O)c3cc4c(Nc5ccc(F)c(Cl)c5)ncnc4s3)CC2)n(C)n1. The maximum atomic E-state index is 13.5. The molecule has 0 aliphatic carbocycles. The third-order valence-electron chi connectivity index (χ3n) is 6.14. The van der Waals surface area contributed by atoms with Crippen molar-refractivity contribution in [3.63, 3.8) is 0 Å². The normalized spacial score (nSPS) is 15.0. The van der Waals surface area contributed by atoms with Crippen LogP contribution < -0.4 is 10.6 Å². The third kappa shape index (κ3) is 5.29. The quantitative estimate of drug-likeness (QED) is 0.390. The highest BCUT2D eigenvalue weighted by Gasteiger charge is 2.23. The molecule has 0 radical (unpaired) electrons. The molecular formula is C24H25ClFN7OS. The molecular weight excluding hydrogens is 489 g/mol. The lowest BCUT2D eigenvalue weighted by Gasteiger charge is -2.32. The van der Waals surface area contributed by atoms with Gasteiger partial charge in [-0.1, -0.05) is 11.6 Å². The summed E-state index contributed by atoms with van der Waals surface area (Å²) in [6.07, 6.45) is 3.23. The summed E-state index contributed by atoms with van der Waals surface area (Å²) >= 11 is 7.21. The summed E-state index contributed by atoms with van der Waals surface area (Å²) in [6.45, 7) is 4.70. The number of carbonyl (C=O) groups excluding carboxylic acids is 1. The molecule has 5 rings (SSSR count). The van der Waals surface area contributed by atoms with E-state index in [1.165, 1.54) is 35.5 Å². The summed E-state index contributed by atoms with van der Waals surface area (Å²) in [4.78, 5) is 25.3. The van der Waals surface area contributed by atoms with Crippen LogP contribution in [0, 0.1) is 12.7 Å². The van der Waals surface area contributed by atoms with Gasteiger partial charge in [0.25, 0.3) is 5.91 Å². The molecule has 0 bridgehead atoms. The van der Waals surface area contributed by atoms with E-state index in [0.29, 0.717) is 21.2 Å². The number of piperidine rings is 1. The first-order valence-electron chi connectivity index (χ1n) is 11.3. The van der Waals surface area contributed by atoms with Crippen molar-refractivity contribution in [3.05, 3.63) is 63.8 Å². The van der Waals surface area contributed by atoms with E-state index in [2.05, 4.69) is 36.7 Å². The number of benzene rings is 1. The number of hydrogen-bond acceptors (Lipinski definition) is 7. The van der Waals surface area contributed by atoms with Crippen molar-refractivity contribution in [3.8, 4) is 0 Å². The Kier molecular flexibility index (Phi) is 6.68. The smallest absolute Gasteiger partial charge is 0.261 e. The Balaban J connectivity index is 1.22. The highest BCUT2D eigenvalue weighted by atomic mass is 35.5. The van der Waals surface area contributed by atoms with Gasteiger partial charge in [0.1, 0.15) is 22.8 Å². The number of fused-ring (bicyclic) bond motifs is 1. The predicted octanol–water partition coefficient (Wildman–Crippen LogP) is 4.66. The van der Waals surface area contributed by atoms with Crippen LogP contribution in [0.1, 0.15) is 33.9 Å². The highest BCUT2D eigenvalue weighted by molar-refractivity contribution is 7.20. The second-order valence-corrected chi connectivity index (χ2v) is 10.2. The van der Waals surface area contributed by atoms with E-state index in [9.17, 15) is 9.18 Å². The van der Waals surface area contributed by atoms with Crippen LogP contribution in [-0.2, 0) is 13.6 Å². The lowest BCUT2D eigenvalue weighted by atomic mass is 10.0. The Hall–Kier alpha value is -3.08. The largest absolute Gasteiger partial charge is 0.349 e. The van der Waals surface area contributed by atoms with Crippen LogP contribution in [-0.4, -0.2) is 49.7 Å². The first-order chi connectivity index (χ1) is 16.9. The van der Waals surface area contributed by atoms with Crippen molar-refractivity contribution in [2.45, 2.75) is 32.4 Å². The molecule has 4 aromatic rings. The predicted molar refractivity (Wildman–Crippen MR) is 136 cm³/mol. The fourth-order valence-corrected chi connectivity index (χ4v) is 5.39. The standard InChI is InChI=1S/C24H25ClFN7OS/c1-14-9-17(32(2)31-14)12-33-7-5-15(6-8-33)30-23(34)21-11-18-22(27-13-28-24(18)35-21)29-16-3-4-20(26)19(25)10-16/h3-4,9-11,13,15H,5-8,12H2,1-2H3,(H,30,34)(H,27,28,29). The van der Waals surface area contributed by atoms with E-state index < -0.39 is 5.82 Å². The number of hydrogen-bond donors (Lipinski definition) is 2. The van der Waals surface area contributed by atoms with Crippen molar-refractivity contribution in [1.82, 2.24) is 30.0 Å². The van der Waals surface area contributed by atoms with Gasteiger partial charge in [0.2, 0.25) is 0 Å². The van der Waals surface area contributed by atoms with Crippen molar-refractivity contribution in [1.29, 1.82) is 0 Å². The molecule has 11 heteroatoms. The van der Waals surface area contributed by atoms with E-state index in [-0.39, 0.29) is 17.0 Å². The summed E-state index contributed by atoms with van der Waals surface area (Å²) in [5.74, 6) is -0.0615. The monoisotopic (exact) mass is 513 g/mol. The van der Waals surface area contributed by atoms with Gasteiger partial charge in [-0.25, -0.2) is 14.4 Å². The second kappa shape index (κ2) is 9.88. The molecule has 3 aromatic heterocycles. The Labute approximate surface area is 211 Å². The van der Waals surface area contributed by atoms with Crippen LogP contribution in [0.5, 0.6) is 0 Å². The molecule has 1 saturated heterocycles. The molecule has 8 nitrogen and oxygen atoms in total. The maximum Gasteiger partial charge on any atom is 0.261 e. The van der Waals surface area contributed by atoms with Crippen molar-refractivity contribution < 1.29 is 9.18 Å². The van der Waals surface area contributed by atoms with Gasteiger partial charge in [-0.2, -0.15) is 5.10 Å². The molecule has 0 saturated carbocycles. The van der Waals surface area contributed by atoms with Gasteiger partial charge in [0.05, 0.1) is 26.7 Å². The summed E-state index contributed by atoms with van der Waals surface area (Å²) < 4.78 is 15.4. The number of amides is 1. The number of nitrogens with one attached hydrogen (secondary N) is 2. The van der Waals surface area contributed by atoms with Crippen LogP contribution in [0.4, 0.5) is 15.9 Å². The molecule has 1 aromatic carbocycles. The summed E-state index contributed by atoms with van der Waals surface area (Å²) in [5, 5.41) is 11.5. The number of nitrogens with zero attached hydrogens (tertiary/aromatic N) is 5. The molecule has 1 fully saturated rings. The van der Waals surface area contributed by atoms with E-state index >= 15 is 0 Å². The molecule has 0 atom stereocenters. The molecule has 0 unspecified atom stereocenters. The van der Waals surface area contributed by atoms with E-state index in [0.717, 1.165) is 43.6 Å². The van der Waals surface area contributed by atoms with Crippen molar-refractivity contribution in [2.24, 2.45) is 7.05 Å². The summed E-state index contributed by atoms with van der Waals surface area (Å²) in [5.41, 5.74) is 2.82. The van der Waals surface area contributed by atoms with Gasteiger partial charge in [-0.05, 0) is 50.1 Å². The van der Waals surface area contributed by atoms with Gasteiger partial charge in [0.15, 0.2) is 0 Å². The Morgan fingerprint density at radius 2 is 2.03 bits per heavy atom. The van der Waals surface area contributed by atoms with E-state index in [4.69, 9.17) is 11.6 Å². The number of aromatic nitrogens is 4. The maximum absolute atomic E-state index is 13.5. The number of thiophene rings is 1. The average molecular weight is 514 g/mol. The second-order valence-electron chi connectivity index (χ2n) is 8.73. The number of anilines is 2. The third-order valence-corrected chi connectivity index (χ3v) is 7.47. The zero-order valence-corrected chi connectivity index (χ0v) is 21.0. The first kappa shape index (κ1) is 23.7. The highest BCUT2D eigenvalue weighted by Crippen LogP contribution is 2.31. The van der Waals surface area contributed by atoms with Gasteiger partial charge in [-0.3, -0.25) is 14.4 Å². The van der Waals surface area contributed by atoms with Crippen LogP contribution in [0.2, 0.25) is 5.02 Å². The molecule has 1 aliphatic heterocycles.